The van der Waals surface area contributed by atoms with Gasteiger partial charge in [-0.3, -0.25) is 4.79 Å². The minimum Gasteiger partial charge on any atom is -0.371 e. The van der Waals surface area contributed by atoms with Gasteiger partial charge in [-0.15, -0.1) is 0 Å². The fourth-order valence-corrected chi connectivity index (χ4v) is 4.34. The number of hydrogen-bond acceptors (Lipinski definition) is 4. The number of anilines is 2. The minimum atomic E-state index is -3.56. The van der Waals surface area contributed by atoms with Gasteiger partial charge in [0.2, 0.25) is 15.9 Å². The van der Waals surface area contributed by atoms with Crippen molar-refractivity contribution in [2.45, 2.75) is 25.2 Å². The van der Waals surface area contributed by atoms with Crippen LogP contribution in [0.15, 0.2) is 53.4 Å². The van der Waals surface area contributed by atoms with Gasteiger partial charge in [0.05, 0.1) is 4.90 Å². The molecule has 144 valence electrons. The molecule has 3 rings (SSSR count). The Morgan fingerprint density at radius 3 is 2.41 bits per heavy atom. The van der Waals surface area contributed by atoms with Crippen LogP contribution in [0.1, 0.15) is 18.9 Å². The van der Waals surface area contributed by atoms with E-state index in [0.717, 1.165) is 19.5 Å². The highest BCUT2D eigenvalue weighted by Crippen LogP contribution is 2.24. The van der Waals surface area contributed by atoms with Gasteiger partial charge in [-0.25, -0.2) is 13.1 Å². The summed E-state index contributed by atoms with van der Waals surface area (Å²) in [4.78, 5) is 13.5. The van der Waals surface area contributed by atoms with E-state index < -0.39 is 10.0 Å². The summed E-state index contributed by atoms with van der Waals surface area (Å²) in [5, 5.41) is 2.62. The molecule has 1 aliphatic heterocycles. The van der Waals surface area contributed by atoms with Crippen molar-refractivity contribution in [3.8, 4) is 0 Å². The summed E-state index contributed by atoms with van der Waals surface area (Å²) in [5.41, 5.74) is 2.98. The van der Waals surface area contributed by atoms with E-state index in [4.69, 9.17) is 0 Å². The average Bonchev–Trinajstić information content (AvgIpc) is 3.10. The number of hydrogen-bond donors (Lipinski definition) is 2. The molecule has 0 spiro atoms. The number of amides is 1. The van der Waals surface area contributed by atoms with Crippen molar-refractivity contribution < 1.29 is 13.2 Å². The number of carbonyl (C=O) groups excluding carboxylic acids is 1. The molecule has 1 saturated heterocycles. The van der Waals surface area contributed by atoms with Crippen LogP contribution >= 0.6 is 0 Å². The lowest BCUT2D eigenvalue weighted by molar-refractivity contribution is -0.114. The van der Waals surface area contributed by atoms with Gasteiger partial charge < -0.3 is 10.2 Å². The van der Waals surface area contributed by atoms with Gasteiger partial charge in [-0.2, -0.15) is 0 Å². The van der Waals surface area contributed by atoms with Crippen LogP contribution in [0.3, 0.4) is 0 Å². The van der Waals surface area contributed by atoms with E-state index in [2.05, 4.69) is 46.1 Å². The van der Waals surface area contributed by atoms with Crippen LogP contribution in [-0.4, -0.2) is 34.0 Å². The summed E-state index contributed by atoms with van der Waals surface area (Å²) < 4.78 is 27.7. The number of nitrogens with one attached hydrogen (secondary N) is 2. The van der Waals surface area contributed by atoms with Crippen molar-refractivity contribution >= 4 is 27.3 Å². The molecule has 1 atom stereocenters. The normalized spacial score (nSPS) is 17.1. The van der Waals surface area contributed by atoms with Gasteiger partial charge in [0.1, 0.15) is 0 Å². The second-order valence-corrected chi connectivity index (χ2v) is 8.76. The monoisotopic (exact) mass is 387 g/mol. The van der Waals surface area contributed by atoms with Crippen LogP contribution in [0.2, 0.25) is 0 Å². The molecule has 1 amide bonds. The van der Waals surface area contributed by atoms with Crippen LogP contribution < -0.4 is 14.9 Å². The Bertz CT molecular complexity index is 893. The third-order valence-electron chi connectivity index (χ3n) is 4.73. The lowest BCUT2D eigenvalue weighted by Crippen LogP contribution is -2.31. The molecule has 0 saturated carbocycles. The van der Waals surface area contributed by atoms with E-state index in [1.165, 1.54) is 30.3 Å². The number of nitrogens with zero attached hydrogens (tertiary/aromatic N) is 1. The van der Waals surface area contributed by atoms with Crippen LogP contribution in [0.4, 0.5) is 11.4 Å². The molecule has 27 heavy (non-hydrogen) atoms. The van der Waals surface area contributed by atoms with Gasteiger partial charge in [-0.05, 0) is 55.7 Å². The van der Waals surface area contributed by atoms with Crippen molar-refractivity contribution in [1.29, 1.82) is 0 Å². The molecule has 2 N–H and O–H groups in total. The summed E-state index contributed by atoms with van der Waals surface area (Å²) in [7, 11) is -3.56. The predicted octanol–water partition coefficient (Wildman–Crippen LogP) is 2.76. The average molecular weight is 388 g/mol. The number of carbonyl (C=O) groups is 1. The van der Waals surface area contributed by atoms with Crippen molar-refractivity contribution in [1.82, 2.24) is 4.72 Å². The highest BCUT2D eigenvalue weighted by molar-refractivity contribution is 7.89. The zero-order valence-corrected chi connectivity index (χ0v) is 16.4. The van der Waals surface area contributed by atoms with Crippen molar-refractivity contribution in [3.05, 3.63) is 54.1 Å². The third-order valence-corrected chi connectivity index (χ3v) is 6.17. The zero-order valence-electron chi connectivity index (χ0n) is 15.6. The first-order valence-electron chi connectivity index (χ1n) is 9.02. The Morgan fingerprint density at radius 2 is 1.78 bits per heavy atom. The molecule has 0 radical (unpaired) electrons. The quantitative estimate of drug-likeness (QED) is 0.799. The van der Waals surface area contributed by atoms with Gasteiger partial charge >= 0.3 is 0 Å². The molecule has 0 aliphatic carbocycles. The standard InChI is InChI=1S/C20H25N3O3S/c1-15-3-7-19(8-4-15)23-12-11-17(14-23)13-21-27(25,26)20-9-5-18(6-10-20)22-16(2)24/h3-10,17,21H,11-14H2,1-2H3,(H,22,24). The number of benzene rings is 2. The maximum Gasteiger partial charge on any atom is 0.240 e. The second-order valence-electron chi connectivity index (χ2n) is 6.99. The maximum absolute atomic E-state index is 12.5. The highest BCUT2D eigenvalue weighted by atomic mass is 32.2. The molecule has 1 heterocycles. The van der Waals surface area contributed by atoms with Gasteiger partial charge in [0.25, 0.3) is 0 Å². The number of sulfonamides is 1. The van der Waals surface area contributed by atoms with Crippen molar-refractivity contribution in [2.75, 3.05) is 29.9 Å². The molecule has 0 bridgehead atoms. The van der Waals surface area contributed by atoms with Gasteiger partial charge in [0, 0.05) is 37.9 Å². The fraction of sp³-hybridized carbons (Fsp3) is 0.350. The second kappa shape index (κ2) is 8.10. The lowest BCUT2D eigenvalue weighted by Gasteiger charge is -2.19. The third kappa shape index (κ3) is 5.08. The van der Waals surface area contributed by atoms with Crippen LogP contribution in [-0.2, 0) is 14.8 Å². The van der Waals surface area contributed by atoms with Crippen LogP contribution in [0.25, 0.3) is 0 Å². The molecular weight excluding hydrogens is 362 g/mol. The van der Waals surface area contributed by atoms with Crippen LogP contribution in [0, 0.1) is 12.8 Å². The van der Waals surface area contributed by atoms with E-state index in [1.807, 2.05) is 0 Å². The molecule has 2 aromatic carbocycles. The molecule has 0 aromatic heterocycles. The van der Waals surface area contributed by atoms with Crippen LogP contribution in [0.5, 0.6) is 0 Å². The molecule has 6 nitrogen and oxygen atoms in total. The van der Waals surface area contributed by atoms with E-state index in [1.54, 1.807) is 12.1 Å². The number of rotatable bonds is 6. The number of aryl methyl sites for hydroxylation is 1. The summed E-state index contributed by atoms with van der Waals surface area (Å²) >= 11 is 0. The minimum absolute atomic E-state index is 0.192. The first kappa shape index (κ1) is 19.4. The highest BCUT2D eigenvalue weighted by Gasteiger charge is 2.24. The first-order valence-corrected chi connectivity index (χ1v) is 10.5. The van der Waals surface area contributed by atoms with Gasteiger partial charge in [-0.1, -0.05) is 17.7 Å². The Hall–Kier alpha value is -2.38. The molecule has 2 aromatic rings. The first-order chi connectivity index (χ1) is 12.8. The van der Waals surface area contributed by atoms with E-state index in [0.29, 0.717) is 12.2 Å². The molecule has 1 fully saturated rings. The lowest BCUT2D eigenvalue weighted by atomic mass is 10.1. The van der Waals surface area contributed by atoms with Crippen molar-refractivity contribution in [3.63, 3.8) is 0 Å². The topological polar surface area (TPSA) is 78.5 Å². The van der Waals surface area contributed by atoms with Gasteiger partial charge in [0.15, 0.2) is 0 Å². The predicted molar refractivity (Wildman–Crippen MR) is 107 cm³/mol. The maximum atomic E-state index is 12.5. The zero-order chi connectivity index (χ0) is 19.4. The summed E-state index contributed by atoms with van der Waals surface area (Å²) in [6.45, 7) is 5.66. The van der Waals surface area contributed by atoms with E-state index in [-0.39, 0.29) is 16.7 Å². The summed E-state index contributed by atoms with van der Waals surface area (Å²) in [6, 6.07) is 14.6. The molecule has 1 aliphatic rings. The van der Waals surface area contributed by atoms with Crippen molar-refractivity contribution in [2.24, 2.45) is 5.92 Å². The smallest absolute Gasteiger partial charge is 0.240 e. The summed E-state index contributed by atoms with van der Waals surface area (Å²) in [5.74, 6) is 0.0860. The fourth-order valence-electron chi connectivity index (χ4n) is 3.22. The molecule has 7 heteroatoms. The van der Waals surface area contributed by atoms with E-state index >= 15 is 0 Å². The Balaban J connectivity index is 1.56. The SMILES string of the molecule is CC(=O)Nc1ccc(S(=O)(=O)NCC2CCN(c3ccc(C)cc3)C2)cc1. The Morgan fingerprint density at radius 1 is 1.11 bits per heavy atom. The molecule has 1 unspecified atom stereocenters. The Kier molecular flexibility index (Phi) is 5.82. The Labute approximate surface area is 160 Å². The molecular formula is C20H25N3O3S. The van der Waals surface area contributed by atoms with E-state index in [9.17, 15) is 13.2 Å². The summed E-state index contributed by atoms with van der Waals surface area (Å²) in [6.07, 6.45) is 0.956. The largest absolute Gasteiger partial charge is 0.371 e.